The molecule has 0 aliphatic carbocycles. The van der Waals surface area contributed by atoms with Crippen LogP contribution in [0.25, 0.3) is 11.3 Å². The van der Waals surface area contributed by atoms with Gasteiger partial charge < -0.3 is 5.11 Å². The number of phenols is 1. The predicted molar refractivity (Wildman–Crippen MR) is 61.7 cm³/mol. The first-order chi connectivity index (χ1) is 7.72. The Morgan fingerprint density at radius 1 is 1.25 bits per heavy atom. The number of hydrogen-bond donors (Lipinski definition) is 1. The number of aromatic nitrogens is 1. The number of aromatic hydroxyl groups is 1. The average Bonchev–Trinajstić information content (AvgIpc) is 2.30. The summed E-state index contributed by atoms with van der Waals surface area (Å²) in [5, 5.41) is 10.2. The lowest BCUT2D eigenvalue weighted by Crippen LogP contribution is -1.90. The van der Waals surface area contributed by atoms with Crippen molar-refractivity contribution >= 4 is 17.9 Å². The van der Waals surface area contributed by atoms with Crippen molar-refractivity contribution in [2.75, 3.05) is 0 Å². The van der Waals surface area contributed by atoms with Crippen molar-refractivity contribution in [3.63, 3.8) is 0 Å². The summed E-state index contributed by atoms with van der Waals surface area (Å²) in [5.41, 5.74) is 1.34. The summed E-state index contributed by atoms with van der Waals surface area (Å²) in [6.45, 7) is 0. The predicted octanol–water partition coefficient (Wildman–Crippen LogP) is 2.92. The number of carbonyl (C=O) groups excluding carboxylic acids is 1. The van der Waals surface area contributed by atoms with Crippen molar-refractivity contribution in [1.29, 1.82) is 0 Å². The molecule has 0 aliphatic rings. The molecule has 0 saturated carbocycles. The molecule has 0 atom stereocenters. The molecule has 1 N–H and O–H groups in total. The molecule has 1 aromatic carbocycles. The Morgan fingerprint density at radius 3 is 2.69 bits per heavy atom. The first-order valence-corrected chi connectivity index (χ1v) is 4.99. The Morgan fingerprint density at radius 2 is 2.06 bits per heavy atom. The van der Waals surface area contributed by atoms with E-state index in [-0.39, 0.29) is 5.75 Å². The van der Waals surface area contributed by atoms with Crippen LogP contribution in [-0.2, 0) is 0 Å². The van der Waals surface area contributed by atoms with E-state index in [9.17, 15) is 9.90 Å². The van der Waals surface area contributed by atoms with Gasteiger partial charge in [-0.1, -0.05) is 23.7 Å². The van der Waals surface area contributed by atoms with Crippen LogP contribution in [0.1, 0.15) is 10.4 Å². The number of aldehydes is 1. The van der Waals surface area contributed by atoms with Crippen molar-refractivity contribution in [1.82, 2.24) is 4.98 Å². The second-order valence-electron chi connectivity index (χ2n) is 3.22. The number of rotatable bonds is 2. The van der Waals surface area contributed by atoms with Gasteiger partial charge in [0.25, 0.3) is 0 Å². The molecule has 3 nitrogen and oxygen atoms in total. The molecule has 0 unspecified atom stereocenters. The normalized spacial score (nSPS) is 10.1. The number of carbonyl (C=O) groups is 1. The molecule has 0 saturated heterocycles. The largest absolute Gasteiger partial charge is 0.507 e. The quantitative estimate of drug-likeness (QED) is 0.812. The summed E-state index contributed by atoms with van der Waals surface area (Å²) in [5.74, 6) is 0.0272. The molecule has 0 amide bonds. The maximum absolute atomic E-state index is 10.9. The van der Waals surface area contributed by atoms with Crippen LogP contribution in [0.3, 0.4) is 0 Å². The highest BCUT2D eigenvalue weighted by Gasteiger charge is 2.10. The minimum Gasteiger partial charge on any atom is -0.507 e. The molecule has 1 heterocycles. The van der Waals surface area contributed by atoms with E-state index in [2.05, 4.69) is 4.98 Å². The van der Waals surface area contributed by atoms with Gasteiger partial charge in [0.15, 0.2) is 6.29 Å². The molecule has 0 spiro atoms. The monoisotopic (exact) mass is 233 g/mol. The van der Waals surface area contributed by atoms with Crippen LogP contribution in [0, 0.1) is 0 Å². The smallest absolute Gasteiger partial charge is 0.150 e. The fraction of sp³-hybridized carbons (Fsp3) is 0. The second kappa shape index (κ2) is 4.33. The number of phenolic OH excluding ortho intramolecular Hbond substituents is 1. The summed E-state index contributed by atoms with van der Waals surface area (Å²) in [4.78, 5) is 14.9. The van der Waals surface area contributed by atoms with Crippen LogP contribution >= 0.6 is 11.6 Å². The van der Waals surface area contributed by atoms with Crippen LogP contribution in [0.4, 0.5) is 0 Å². The van der Waals surface area contributed by atoms with Gasteiger partial charge in [-0.3, -0.25) is 9.78 Å². The second-order valence-corrected chi connectivity index (χ2v) is 3.66. The van der Waals surface area contributed by atoms with E-state index in [0.717, 1.165) is 0 Å². The highest BCUT2D eigenvalue weighted by atomic mass is 35.5. The highest BCUT2D eigenvalue weighted by Crippen LogP contribution is 2.30. The van der Waals surface area contributed by atoms with Gasteiger partial charge in [-0.15, -0.1) is 0 Å². The Labute approximate surface area is 97.3 Å². The molecule has 2 rings (SSSR count). The van der Waals surface area contributed by atoms with E-state index in [1.165, 1.54) is 12.3 Å². The maximum Gasteiger partial charge on any atom is 0.150 e. The standard InChI is InChI=1S/C12H8ClNO2/c13-9-4-5-10(14-6-9)12-8(7-15)2-1-3-11(12)16/h1-7,16H. The van der Waals surface area contributed by atoms with Crippen molar-refractivity contribution < 1.29 is 9.90 Å². The van der Waals surface area contributed by atoms with E-state index in [0.29, 0.717) is 28.1 Å². The Kier molecular flexibility index (Phi) is 2.88. The van der Waals surface area contributed by atoms with Crippen LogP contribution in [0.5, 0.6) is 5.75 Å². The molecular weight excluding hydrogens is 226 g/mol. The summed E-state index contributed by atoms with van der Waals surface area (Å²) >= 11 is 5.72. The summed E-state index contributed by atoms with van der Waals surface area (Å²) < 4.78 is 0. The lowest BCUT2D eigenvalue weighted by atomic mass is 10.0. The molecule has 0 aliphatic heterocycles. The molecule has 1 aromatic heterocycles. The highest BCUT2D eigenvalue weighted by molar-refractivity contribution is 6.30. The van der Waals surface area contributed by atoms with E-state index in [1.807, 2.05) is 0 Å². The Balaban J connectivity index is 2.63. The van der Waals surface area contributed by atoms with Crippen LogP contribution in [-0.4, -0.2) is 16.4 Å². The first kappa shape index (κ1) is 10.6. The molecule has 2 aromatic rings. The van der Waals surface area contributed by atoms with Gasteiger partial charge in [0.05, 0.1) is 16.3 Å². The lowest BCUT2D eigenvalue weighted by molar-refractivity contribution is 0.112. The maximum atomic E-state index is 10.9. The van der Waals surface area contributed by atoms with Gasteiger partial charge in [-0.05, 0) is 18.2 Å². The van der Waals surface area contributed by atoms with Gasteiger partial charge in [0.1, 0.15) is 5.75 Å². The zero-order chi connectivity index (χ0) is 11.5. The summed E-state index contributed by atoms with van der Waals surface area (Å²) in [7, 11) is 0. The SMILES string of the molecule is O=Cc1cccc(O)c1-c1ccc(Cl)cn1. The van der Waals surface area contributed by atoms with Gasteiger partial charge in [0, 0.05) is 11.8 Å². The fourth-order valence-electron chi connectivity index (χ4n) is 1.46. The third kappa shape index (κ3) is 1.90. The summed E-state index contributed by atoms with van der Waals surface area (Å²) in [6.07, 6.45) is 2.16. The van der Waals surface area contributed by atoms with Crippen molar-refractivity contribution in [2.45, 2.75) is 0 Å². The average molecular weight is 234 g/mol. The molecule has 4 heteroatoms. The van der Waals surface area contributed by atoms with Gasteiger partial charge >= 0.3 is 0 Å². The van der Waals surface area contributed by atoms with Crippen molar-refractivity contribution in [3.8, 4) is 17.0 Å². The number of hydrogen-bond acceptors (Lipinski definition) is 3. The van der Waals surface area contributed by atoms with Crippen LogP contribution in [0.2, 0.25) is 5.02 Å². The van der Waals surface area contributed by atoms with Crippen LogP contribution in [0.15, 0.2) is 36.5 Å². The number of nitrogens with zero attached hydrogens (tertiary/aromatic N) is 1. The lowest BCUT2D eigenvalue weighted by Gasteiger charge is -2.06. The van der Waals surface area contributed by atoms with Crippen molar-refractivity contribution in [3.05, 3.63) is 47.1 Å². The molecule has 0 bridgehead atoms. The molecule has 0 radical (unpaired) electrons. The third-order valence-corrected chi connectivity index (χ3v) is 2.41. The van der Waals surface area contributed by atoms with E-state index < -0.39 is 0 Å². The fourth-order valence-corrected chi connectivity index (χ4v) is 1.57. The Hall–Kier alpha value is -1.87. The topological polar surface area (TPSA) is 50.2 Å². The molecule has 0 fully saturated rings. The molecule has 80 valence electrons. The van der Waals surface area contributed by atoms with Gasteiger partial charge in [-0.2, -0.15) is 0 Å². The van der Waals surface area contributed by atoms with E-state index in [4.69, 9.17) is 11.6 Å². The zero-order valence-corrected chi connectivity index (χ0v) is 8.98. The van der Waals surface area contributed by atoms with E-state index in [1.54, 1.807) is 24.3 Å². The van der Waals surface area contributed by atoms with E-state index >= 15 is 0 Å². The Bertz CT molecular complexity index is 523. The summed E-state index contributed by atoms with van der Waals surface area (Å²) in [6, 6.07) is 8.06. The number of benzene rings is 1. The first-order valence-electron chi connectivity index (χ1n) is 4.61. The van der Waals surface area contributed by atoms with Crippen molar-refractivity contribution in [2.24, 2.45) is 0 Å². The number of pyridine rings is 1. The molecular formula is C12H8ClNO2. The third-order valence-electron chi connectivity index (χ3n) is 2.19. The molecule has 16 heavy (non-hydrogen) atoms. The van der Waals surface area contributed by atoms with Crippen LogP contribution < -0.4 is 0 Å². The minimum atomic E-state index is 0.0272. The zero-order valence-electron chi connectivity index (χ0n) is 8.22. The van der Waals surface area contributed by atoms with Gasteiger partial charge in [0.2, 0.25) is 0 Å². The van der Waals surface area contributed by atoms with Gasteiger partial charge in [-0.25, -0.2) is 0 Å². The number of halogens is 1. The minimum absolute atomic E-state index is 0.0272.